The maximum Gasteiger partial charge on any atom is 0.187 e. The Morgan fingerprint density at radius 2 is 1.85 bits per heavy atom. The molecule has 0 bridgehead atoms. The van der Waals surface area contributed by atoms with E-state index in [1.807, 2.05) is 52.8 Å². The van der Waals surface area contributed by atoms with Crippen molar-refractivity contribution in [1.29, 1.82) is 0 Å². The molecule has 3 nitrogen and oxygen atoms in total. The van der Waals surface area contributed by atoms with Gasteiger partial charge in [-0.25, -0.2) is 0 Å². The van der Waals surface area contributed by atoms with Crippen molar-refractivity contribution in [1.82, 2.24) is 9.78 Å². The van der Waals surface area contributed by atoms with Crippen LogP contribution in [-0.2, 0) is 0 Å². The lowest BCUT2D eigenvalue weighted by Gasteiger charge is -2.14. The van der Waals surface area contributed by atoms with E-state index in [0.717, 1.165) is 27.0 Å². The molecule has 2 aromatic rings. The molecule has 1 aromatic heterocycles. The fourth-order valence-corrected chi connectivity index (χ4v) is 2.53. The van der Waals surface area contributed by atoms with E-state index in [4.69, 9.17) is 0 Å². The van der Waals surface area contributed by atoms with E-state index >= 15 is 0 Å². The average molecular weight is 335 g/mol. The van der Waals surface area contributed by atoms with Gasteiger partial charge >= 0.3 is 0 Å². The summed E-state index contributed by atoms with van der Waals surface area (Å²) in [6.07, 6.45) is 0. The summed E-state index contributed by atoms with van der Waals surface area (Å²) in [5, 5.41) is 4.45. The smallest absolute Gasteiger partial charge is 0.187 e. The lowest BCUT2D eigenvalue weighted by molar-refractivity contribution is 0.0926. The summed E-state index contributed by atoms with van der Waals surface area (Å²) in [5.74, 6) is 0.0891. The Bertz CT molecular complexity index is 673. The second-order valence-corrected chi connectivity index (χ2v) is 6.06. The van der Waals surface area contributed by atoms with Crippen LogP contribution in [0.3, 0.4) is 0 Å². The van der Waals surface area contributed by atoms with Crippen molar-refractivity contribution < 1.29 is 4.79 Å². The van der Waals surface area contributed by atoms with Gasteiger partial charge < -0.3 is 0 Å². The predicted octanol–water partition coefficient (Wildman–Crippen LogP) is 4.32. The second-order valence-electron chi connectivity index (χ2n) is 5.27. The molecule has 0 aliphatic rings. The summed E-state index contributed by atoms with van der Waals surface area (Å²) in [6, 6.07) is 5.53. The minimum atomic E-state index is -0.304. The number of carbonyl (C=O) groups is 1. The third-order valence-corrected chi connectivity index (χ3v) is 4.92. The van der Waals surface area contributed by atoms with Crippen LogP contribution in [0.1, 0.15) is 45.8 Å². The molecule has 4 heteroatoms. The van der Waals surface area contributed by atoms with Crippen LogP contribution in [0.5, 0.6) is 0 Å². The molecule has 1 heterocycles. The first-order valence-electron chi connectivity index (χ1n) is 6.65. The molecular formula is C16H19BrN2O. The average Bonchev–Trinajstić information content (AvgIpc) is 2.68. The van der Waals surface area contributed by atoms with Crippen molar-refractivity contribution in [3.63, 3.8) is 0 Å². The molecule has 106 valence electrons. The summed E-state index contributed by atoms with van der Waals surface area (Å²) in [5.41, 5.74) is 4.96. The van der Waals surface area contributed by atoms with Gasteiger partial charge in [-0.3, -0.25) is 9.48 Å². The van der Waals surface area contributed by atoms with Crippen molar-refractivity contribution in [3.05, 3.63) is 50.8 Å². The van der Waals surface area contributed by atoms with E-state index < -0.39 is 0 Å². The first-order chi connectivity index (χ1) is 9.32. The van der Waals surface area contributed by atoms with Gasteiger partial charge in [-0.2, -0.15) is 5.10 Å². The number of benzene rings is 1. The zero-order valence-corrected chi connectivity index (χ0v) is 14.1. The van der Waals surface area contributed by atoms with Gasteiger partial charge in [0.25, 0.3) is 0 Å². The minimum Gasteiger partial charge on any atom is -0.292 e. The van der Waals surface area contributed by atoms with Gasteiger partial charge in [0.2, 0.25) is 0 Å². The molecule has 0 saturated carbocycles. The number of nitrogens with zero attached hydrogens (tertiary/aromatic N) is 2. The molecule has 0 fully saturated rings. The second kappa shape index (κ2) is 5.52. The molecule has 1 unspecified atom stereocenters. The van der Waals surface area contributed by atoms with E-state index in [9.17, 15) is 4.79 Å². The largest absolute Gasteiger partial charge is 0.292 e. The number of rotatable bonds is 3. The van der Waals surface area contributed by atoms with Crippen molar-refractivity contribution in [3.8, 4) is 0 Å². The third-order valence-electron chi connectivity index (χ3n) is 3.77. The Hall–Kier alpha value is -1.42. The lowest BCUT2D eigenvalue weighted by Crippen LogP contribution is -2.19. The maximum atomic E-state index is 12.6. The van der Waals surface area contributed by atoms with Crippen LogP contribution < -0.4 is 0 Å². The maximum absolute atomic E-state index is 12.6. The zero-order chi connectivity index (χ0) is 15.0. The minimum absolute atomic E-state index is 0.0891. The van der Waals surface area contributed by atoms with Crippen molar-refractivity contribution in [2.24, 2.45) is 0 Å². The van der Waals surface area contributed by atoms with E-state index in [2.05, 4.69) is 21.0 Å². The summed E-state index contributed by atoms with van der Waals surface area (Å²) < 4.78 is 2.76. The highest BCUT2D eigenvalue weighted by atomic mass is 79.9. The van der Waals surface area contributed by atoms with Crippen LogP contribution in [0.25, 0.3) is 0 Å². The molecule has 0 amide bonds. The normalized spacial score (nSPS) is 12.5. The van der Waals surface area contributed by atoms with Crippen molar-refractivity contribution >= 4 is 21.7 Å². The Balaban J connectivity index is 2.37. The van der Waals surface area contributed by atoms with Gasteiger partial charge in [-0.1, -0.05) is 12.1 Å². The van der Waals surface area contributed by atoms with Crippen LogP contribution in [-0.4, -0.2) is 15.6 Å². The van der Waals surface area contributed by atoms with Gasteiger partial charge in [0.15, 0.2) is 5.78 Å². The van der Waals surface area contributed by atoms with Crippen LogP contribution in [0, 0.1) is 27.7 Å². The van der Waals surface area contributed by atoms with Crippen LogP contribution in [0.15, 0.2) is 22.7 Å². The van der Waals surface area contributed by atoms with Crippen molar-refractivity contribution in [2.75, 3.05) is 0 Å². The number of halogens is 1. The molecule has 2 rings (SSSR count). The summed E-state index contributed by atoms with van der Waals surface area (Å²) in [6.45, 7) is 9.86. The molecule has 0 saturated heterocycles. The summed E-state index contributed by atoms with van der Waals surface area (Å²) >= 11 is 3.50. The molecule has 0 spiro atoms. The third kappa shape index (κ3) is 2.57. The van der Waals surface area contributed by atoms with Gasteiger partial charge in [0.1, 0.15) is 6.04 Å². The van der Waals surface area contributed by atoms with Crippen LogP contribution >= 0.6 is 15.9 Å². The molecular weight excluding hydrogens is 316 g/mol. The summed E-state index contributed by atoms with van der Waals surface area (Å²) in [7, 11) is 0. The molecule has 0 aliphatic carbocycles. The first-order valence-corrected chi connectivity index (χ1v) is 7.45. The number of Topliss-reactive ketones (excluding diaryl/α,β-unsaturated/α-hetero) is 1. The molecule has 1 aromatic carbocycles. The number of hydrogen-bond acceptors (Lipinski definition) is 2. The van der Waals surface area contributed by atoms with E-state index in [1.165, 1.54) is 5.56 Å². The van der Waals surface area contributed by atoms with Gasteiger partial charge in [0, 0.05) is 5.56 Å². The quantitative estimate of drug-likeness (QED) is 0.783. The van der Waals surface area contributed by atoms with E-state index in [-0.39, 0.29) is 11.8 Å². The fraction of sp³-hybridized carbons (Fsp3) is 0.375. The SMILES string of the molecule is Cc1ccc(C(=O)C(C)n2nc(C)c(Br)c2C)cc1C. The van der Waals surface area contributed by atoms with Crippen molar-refractivity contribution in [2.45, 2.75) is 40.7 Å². The topological polar surface area (TPSA) is 34.9 Å². The zero-order valence-electron chi connectivity index (χ0n) is 12.5. The van der Waals surface area contributed by atoms with Gasteiger partial charge in [-0.05, 0) is 67.7 Å². The Labute approximate surface area is 128 Å². The number of hydrogen-bond donors (Lipinski definition) is 0. The van der Waals surface area contributed by atoms with Crippen LogP contribution in [0.2, 0.25) is 0 Å². The van der Waals surface area contributed by atoms with E-state index in [1.54, 1.807) is 4.68 Å². The van der Waals surface area contributed by atoms with Gasteiger partial charge in [0.05, 0.1) is 15.9 Å². The van der Waals surface area contributed by atoms with E-state index in [0.29, 0.717) is 0 Å². The predicted molar refractivity (Wildman–Crippen MR) is 84.4 cm³/mol. The highest BCUT2D eigenvalue weighted by Gasteiger charge is 2.21. The lowest BCUT2D eigenvalue weighted by atomic mass is 10.0. The molecule has 0 radical (unpaired) electrons. The molecule has 20 heavy (non-hydrogen) atoms. The fourth-order valence-electron chi connectivity index (χ4n) is 2.27. The molecule has 1 atom stereocenters. The highest BCUT2D eigenvalue weighted by molar-refractivity contribution is 9.10. The number of ketones is 1. The number of aryl methyl sites for hydroxylation is 3. The molecule has 0 N–H and O–H groups in total. The van der Waals surface area contributed by atoms with Crippen LogP contribution in [0.4, 0.5) is 0 Å². The first kappa shape index (κ1) is 15.0. The summed E-state index contributed by atoms with van der Waals surface area (Å²) in [4.78, 5) is 12.6. The highest BCUT2D eigenvalue weighted by Crippen LogP contribution is 2.25. The Morgan fingerprint density at radius 1 is 1.20 bits per heavy atom. The standard InChI is InChI=1S/C16H19BrN2O/c1-9-6-7-14(8-10(9)2)16(20)13(5)19-12(4)15(17)11(3)18-19/h6-8,13H,1-5H3. The molecule has 0 aliphatic heterocycles. The monoisotopic (exact) mass is 334 g/mol. The Kier molecular flexibility index (Phi) is 4.14. The number of aromatic nitrogens is 2. The number of carbonyl (C=O) groups excluding carboxylic acids is 1. The van der Waals surface area contributed by atoms with Gasteiger partial charge in [-0.15, -0.1) is 0 Å². The Morgan fingerprint density at radius 3 is 2.35 bits per heavy atom.